The van der Waals surface area contributed by atoms with Gasteiger partial charge in [-0.1, -0.05) is 10.7 Å². The highest BCUT2D eigenvalue weighted by Gasteiger charge is 2.30. The number of imidazole rings is 1. The van der Waals surface area contributed by atoms with Gasteiger partial charge in [-0.25, -0.2) is 4.98 Å². The SMILES string of the molecule is CC(C)=CNc1nc2ccc(N(C)C(=O)c3noc(-c4ccc(C(F)(F)F)cc4)n3)cc2[nH]1. The minimum Gasteiger partial charge on any atom is -0.333 e. The quantitative estimate of drug-likeness (QED) is 0.426. The Bertz CT molecular complexity index is 1330. The topological polar surface area (TPSA) is 99.9 Å². The molecule has 0 fully saturated rings. The molecule has 1 amide bonds. The van der Waals surface area contributed by atoms with Crippen molar-refractivity contribution in [1.29, 1.82) is 0 Å². The van der Waals surface area contributed by atoms with Gasteiger partial charge in [0, 0.05) is 24.5 Å². The fourth-order valence-corrected chi connectivity index (χ4v) is 2.98. The van der Waals surface area contributed by atoms with E-state index in [1.54, 1.807) is 25.2 Å². The number of rotatable bonds is 5. The monoisotopic (exact) mass is 456 g/mol. The lowest BCUT2D eigenvalue weighted by molar-refractivity contribution is -0.137. The van der Waals surface area contributed by atoms with E-state index in [-0.39, 0.29) is 17.3 Å². The minimum atomic E-state index is -4.45. The molecule has 0 saturated heterocycles. The van der Waals surface area contributed by atoms with Crippen LogP contribution in [0.3, 0.4) is 0 Å². The molecule has 0 unspecified atom stereocenters. The summed E-state index contributed by atoms with van der Waals surface area (Å²) in [5.41, 5.74) is 2.55. The number of allylic oxidation sites excluding steroid dienone is 1. The Morgan fingerprint density at radius 2 is 1.85 bits per heavy atom. The summed E-state index contributed by atoms with van der Waals surface area (Å²) in [6, 6.07) is 9.49. The van der Waals surface area contributed by atoms with Crippen LogP contribution in [-0.4, -0.2) is 33.1 Å². The van der Waals surface area contributed by atoms with Crippen molar-refractivity contribution in [3.05, 3.63) is 65.6 Å². The Balaban J connectivity index is 1.53. The van der Waals surface area contributed by atoms with Gasteiger partial charge in [-0.15, -0.1) is 0 Å². The van der Waals surface area contributed by atoms with Gasteiger partial charge in [-0.3, -0.25) is 4.79 Å². The van der Waals surface area contributed by atoms with Gasteiger partial charge in [-0.2, -0.15) is 18.2 Å². The Morgan fingerprint density at radius 1 is 1.12 bits per heavy atom. The predicted octanol–water partition coefficient (Wildman–Crippen LogP) is 5.24. The van der Waals surface area contributed by atoms with E-state index in [2.05, 4.69) is 25.4 Å². The highest BCUT2D eigenvalue weighted by molar-refractivity contribution is 6.04. The van der Waals surface area contributed by atoms with Crippen LogP contribution in [0.2, 0.25) is 0 Å². The summed E-state index contributed by atoms with van der Waals surface area (Å²) in [7, 11) is 1.55. The third kappa shape index (κ3) is 4.71. The summed E-state index contributed by atoms with van der Waals surface area (Å²) in [6.07, 6.45) is -2.63. The second-order valence-electron chi connectivity index (χ2n) is 7.52. The number of anilines is 2. The maximum Gasteiger partial charge on any atom is 0.416 e. The first kappa shape index (κ1) is 22.1. The van der Waals surface area contributed by atoms with Gasteiger partial charge in [0.2, 0.25) is 5.95 Å². The molecule has 2 N–H and O–H groups in total. The molecule has 0 spiro atoms. The predicted molar refractivity (Wildman–Crippen MR) is 117 cm³/mol. The number of carbonyl (C=O) groups is 1. The Labute approximate surface area is 186 Å². The van der Waals surface area contributed by atoms with Crippen molar-refractivity contribution in [2.24, 2.45) is 0 Å². The molecule has 0 aliphatic carbocycles. The molecule has 0 bridgehead atoms. The molecular formula is C22H19F3N6O2. The number of hydrogen-bond donors (Lipinski definition) is 2. The summed E-state index contributed by atoms with van der Waals surface area (Å²) >= 11 is 0. The van der Waals surface area contributed by atoms with Crippen molar-refractivity contribution < 1.29 is 22.5 Å². The Hall–Kier alpha value is -4.15. The van der Waals surface area contributed by atoms with Crippen molar-refractivity contribution >= 4 is 28.6 Å². The molecule has 0 aliphatic rings. The number of fused-ring (bicyclic) bond motifs is 1. The number of carbonyl (C=O) groups excluding carboxylic acids is 1. The number of aromatic nitrogens is 4. The van der Waals surface area contributed by atoms with Crippen LogP contribution in [0.1, 0.15) is 30.0 Å². The summed E-state index contributed by atoms with van der Waals surface area (Å²) in [5, 5.41) is 6.74. The van der Waals surface area contributed by atoms with Crippen LogP contribution < -0.4 is 10.2 Å². The van der Waals surface area contributed by atoms with E-state index in [4.69, 9.17) is 4.52 Å². The molecule has 33 heavy (non-hydrogen) atoms. The van der Waals surface area contributed by atoms with E-state index >= 15 is 0 Å². The zero-order chi connectivity index (χ0) is 23.8. The van der Waals surface area contributed by atoms with Gasteiger partial charge in [0.15, 0.2) is 0 Å². The van der Waals surface area contributed by atoms with Crippen LogP contribution in [0.4, 0.5) is 24.8 Å². The highest BCUT2D eigenvalue weighted by Crippen LogP contribution is 2.30. The van der Waals surface area contributed by atoms with Crippen LogP contribution in [-0.2, 0) is 6.18 Å². The fourth-order valence-electron chi connectivity index (χ4n) is 2.98. The molecule has 0 radical (unpaired) electrons. The van der Waals surface area contributed by atoms with Crippen molar-refractivity contribution in [2.75, 3.05) is 17.3 Å². The first-order valence-corrected chi connectivity index (χ1v) is 9.81. The molecule has 11 heteroatoms. The second-order valence-corrected chi connectivity index (χ2v) is 7.52. The highest BCUT2D eigenvalue weighted by atomic mass is 19.4. The lowest BCUT2D eigenvalue weighted by Crippen LogP contribution is -2.27. The van der Waals surface area contributed by atoms with Gasteiger partial charge < -0.3 is 19.7 Å². The summed E-state index contributed by atoms with van der Waals surface area (Å²) in [6.45, 7) is 3.91. The molecule has 0 saturated carbocycles. The number of H-pyrrole nitrogens is 1. The summed E-state index contributed by atoms with van der Waals surface area (Å²) in [5.74, 6) is -0.252. The van der Waals surface area contributed by atoms with Crippen molar-refractivity contribution in [3.8, 4) is 11.5 Å². The maximum atomic E-state index is 12.8. The second kappa shape index (κ2) is 8.41. The summed E-state index contributed by atoms with van der Waals surface area (Å²) < 4.78 is 43.3. The molecule has 2 heterocycles. The number of hydrogen-bond acceptors (Lipinski definition) is 6. The first-order valence-electron chi connectivity index (χ1n) is 9.81. The number of nitrogens with zero attached hydrogens (tertiary/aromatic N) is 4. The largest absolute Gasteiger partial charge is 0.416 e. The van der Waals surface area contributed by atoms with Gasteiger partial charge in [0.25, 0.3) is 17.6 Å². The Morgan fingerprint density at radius 3 is 2.52 bits per heavy atom. The van der Waals surface area contributed by atoms with E-state index in [0.29, 0.717) is 17.2 Å². The van der Waals surface area contributed by atoms with Gasteiger partial charge in [0.05, 0.1) is 16.6 Å². The van der Waals surface area contributed by atoms with E-state index < -0.39 is 17.6 Å². The summed E-state index contributed by atoms with van der Waals surface area (Å²) in [4.78, 5) is 25.8. The first-order chi connectivity index (χ1) is 15.6. The van der Waals surface area contributed by atoms with E-state index in [0.717, 1.165) is 23.2 Å². The maximum absolute atomic E-state index is 12.8. The molecule has 8 nitrogen and oxygen atoms in total. The van der Waals surface area contributed by atoms with E-state index in [1.807, 2.05) is 20.0 Å². The third-order valence-electron chi connectivity index (χ3n) is 4.73. The van der Waals surface area contributed by atoms with Crippen LogP contribution >= 0.6 is 0 Å². The third-order valence-corrected chi connectivity index (χ3v) is 4.73. The number of benzene rings is 2. The number of aromatic amines is 1. The van der Waals surface area contributed by atoms with Crippen LogP contribution in [0.15, 0.2) is 58.8 Å². The number of nitrogens with one attached hydrogen (secondary N) is 2. The van der Waals surface area contributed by atoms with Crippen molar-refractivity contribution in [3.63, 3.8) is 0 Å². The van der Waals surface area contributed by atoms with Crippen LogP contribution in [0, 0.1) is 0 Å². The lowest BCUT2D eigenvalue weighted by Gasteiger charge is -2.14. The molecule has 2 aromatic heterocycles. The smallest absolute Gasteiger partial charge is 0.333 e. The zero-order valence-corrected chi connectivity index (χ0v) is 17.9. The number of alkyl halides is 3. The van der Waals surface area contributed by atoms with Gasteiger partial charge in [0.1, 0.15) is 0 Å². The van der Waals surface area contributed by atoms with Gasteiger partial charge >= 0.3 is 6.18 Å². The van der Waals surface area contributed by atoms with Gasteiger partial charge in [-0.05, 0) is 56.3 Å². The standard InChI is InChI=1S/C22H19F3N6O2/c1-12(2)11-26-21-27-16-9-8-15(10-17(16)28-21)31(3)20(32)18-29-19(33-30-18)13-4-6-14(7-5-13)22(23,24)25/h4-11H,1-3H3,(H2,26,27,28). The minimum absolute atomic E-state index is 0.0560. The molecule has 0 atom stereocenters. The van der Waals surface area contributed by atoms with Crippen molar-refractivity contribution in [2.45, 2.75) is 20.0 Å². The molecule has 4 rings (SSSR count). The molecule has 0 aliphatic heterocycles. The van der Waals surface area contributed by atoms with E-state index in [9.17, 15) is 18.0 Å². The molecule has 170 valence electrons. The number of halogens is 3. The van der Waals surface area contributed by atoms with Crippen molar-refractivity contribution in [1.82, 2.24) is 20.1 Å². The van der Waals surface area contributed by atoms with E-state index in [1.165, 1.54) is 17.0 Å². The van der Waals surface area contributed by atoms with Crippen LogP contribution in [0.5, 0.6) is 0 Å². The molecular weight excluding hydrogens is 437 g/mol. The molecule has 4 aromatic rings. The zero-order valence-electron chi connectivity index (χ0n) is 17.9. The Kier molecular flexibility index (Phi) is 5.62. The van der Waals surface area contributed by atoms with Crippen LogP contribution in [0.25, 0.3) is 22.5 Å². The lowest BCUT2D eigenvalue weighted by atomic mass is 10.1. The molecule has 2 aromatic carbocycles. The average molecular weight is 456 g/mol. The normalized spacial score (nSPS) is 11.5. The number of amides is 1. The fraction of sp³-hybridized carbons (Fsp3) is 0.182. The average Bonchev–Trinajstić information content (AvgIpc) is 3.42.